The van der Waals surface area contributed by atoms with E-state index in [1.54, 1.807) is 12.1 Å². The molecular weight excluding hydrogens is 407 g/mol. The third-order valence-corrected chi connectivity index (χ3v) is 3.92. The largest absolute Gasteiger partial charge is 0.448 e. The molecule has 0 N–H and O–H groups in total. The Morgan fingerprint density at radius 3 is 2.28 bits per heavy atom. The van der Waals surface area contributed by atoms with Crippen molar-refractivity contribution in [2.45, 2.75) is 0 Å². The van der Waals surface area contributed by atoms with Gasteiger partial charge in [0.05, 0.1) is 9.50 Å². The highest BCUT2D eigenvalue weighted by Gasteiger charge is 2.24. The molecule has 0 bridgehead atoms. The molecule has 92 valence electrons. The first-order chi connectivity index (χ1) is 8.54. The maximum absolute atomic E-state index is 6.08. The van der Waals surface area contributed by atoms with Gasteiger partial charge in [0, 0.05) is 15.6 Å². The van der Waals surface area contributed by atoms with E-state index in [4.69, 9.17) is 32.7 Å². The predicted octanol–water partition coefficient (Wildman–Crippen LogP) is 6.42. The number of fused-ring (bicyclic) bond motifs is 2. The number of rotatable bonds is 0. The van der Waals surface area contributed by atoms with Crippen molar-refractivity contribution in [3.8, 4) is 23.0 Å². The third kappa shape index (κ3) is 2.11. The first kappa shape index (κ1) is 12.6. The van der Waals surface area contributed by atoms with Crippen LogP contribution < -0.4 is 9.47 Å². The van der Waals surface area contributed by atoms with Crippen molar-refractivity contribution in [3.05, 3.63) is 43.3 Å². The second-order valence-corrected chi connectivity index (χ2v) is 6.25. The van der Waals surface area contributed by atoms with E-state index < -0.39 is 0 Å². The summed E-state index contributed by atoms with van der Waals surface area (Å²) < 4.78 is 13.2. The summed E-state index contributed by atoms with van der Waals surface area (Å²) >= 11 is 18.8. The number of benzene rings is 2. The molecule has 2 nitrogen and oxygen atoms in total. The van der Waals surface area contributed by atoms with Crippen molar-refractivity contribution in [1.82, 2.24) is 0 Å². The minimum absolute atomic E-state index is 0.416. The first-order valence-electron chi connectivity index (χ1n) is 4.88. The summed E-state index contributed by atoms with van der Waals surface area (Å²) in [5.41, 5.74) is 0. The fraction of sp³-hybridized carbons (Fsp3) is 0. The van der Waals surface area contributed by atoms with Crippen LogP contribution in [0.15, 0.2) is 33.2 Å². The smallest absolute Gasteiger partial charge is 0.188 e. The lowest BCUT2D eigenvalue weighted by Crippen LogP contribution is -2.00. The van der Waals surface area contributed by atoms with Gasteiger partial charge in [0.25, 0.3) is 0 Å². The molecule has 0 aromatic heterocycles. The molecule has 0 radical (unpaired) electrons. The molecule has 1 heterocycles. The van der Waals surface area contributed by atoms with E-state index in [0.717, 1.165) is 8.95 Å². The Hall–Kier alpha value is -0.420. The number of ether oxygens (including phenoxy) is 2. The topological polar surface area (TPSA) is 18.5 Å². The molecule has 1 aliphatic heterocycles. The fourth-order valence-electron chi connectivity index (χ4n) is 1.64. The van der Waals surface area contributed by atoms with Crippen molar-refractivity contribution in [1.29, 1.82) is 0 Å². The lowest BCUT2D eigenvalue weighted by atomic mass is 10.2. The summed E-state index contributed by atoms with van der Waals surface area (Å²) in [5, 5.41) is 0.915. The Balaban J connectivity index is 2.18. The van der Waals surface area contributed by atoms with Crippen LogP contribution in [0.2, 0.25) is 10.0 Å². The minimum Gasteiger partial charge on any atom is -0.448 e. The maximum atomic E-state index is 6.08. The van der Waals surface area contributed by atoms with Crippen LogP contribution in [0.5, 0.6) is 23.0 Å². The Labute approximate surface area is 130 Å². The molecule has 0 fully saturated rings. The molecule has 18 heavy (non-hydrogen) atoms. The highest BCUT2D eigenvalue weighted by molar-refractivity contribution is 9.11. The van der Waals surface area contributed by atoms with E-state index in [0.29, 0.717) is 33.0 Å². The Morgan fingerprint density at radius 1 is 0.833 bits per heavy atom. The van der Waals surface area contributed by atoms with Crippen LogP contribution in [0, 0.1) is 0 Å². The lowest BCUT2D eigenvalue weighted by molar-refractivity contribution is 0.357. The first-order valence-corrected chi connectivity index (χ1v) is 7.22. The van der Waals surface area contributed by atoms with E-state index >= 15 is 0 Å². The highest BCUT2D eigenvalue weighted by atomic mass is 79.9. The summed E-state index contributed by atoms with van der Waals surface area (Å²) in [5.74, 6) is 2.17. The predicted molar refractivity (Wildman–Crippen MR) is 78.5 cm³/mol. The molecule has 2 aromatic rings. The molecule has 1 aliphatic rings. The Bertz CT molecular complexity index is 602. The molecule has 0 saturated heterocycles. The van der Waals surface area contributed by atoms with E-state index in [-0.39, 0.29) is 0 Å². The standard InChI is InChI=1S/C12H4Br2Cl2O2/c13-5-1-7(14)11-9(2-5)18-12-8(16)3-6(15)4-10(12)17-11/h1-4H. The van der Waals surface area contributed by atoms with E-state index in [2.05, 4.69) is 31.9 Å². The van der Waals surface area contributed by atoms with Gasteiger partial charge in [0.1, 0.15) is 0 Å². The van der Waals surface area contributed by atoms with E-state index in [9.17, 15) is 0 Å². The van der Waals surface area contributed by atoms with E-state index in [1.165, 1.54) is 0 Å². The SMILES string of the molecule is Clc1cc(Cl)c2c(c1)Oc1c(Br)cc(Br)cc1O2. The highest BCUT2D eigenvalue weighted by Crippen LogP contribution is 2.52. The van der Waals surface area contributed by atoms with Gasteiger partial charge in [0.2, 0.25) is 0 Å². The summed E-state index contributed by atoms with van der Waals surface area (Å²) in [6, 6.07) is 6.97. The summed E-state index contributed by atoms with van der Waals surface area (Å²) in [6.07, 6.45) is 0. The van der Waals surface area contributed by atoms with Gasteiger partial charge in [-0.15, -0.1) is 0 Å². The third-order valence-electron chi connectivity index (χ3n) is 2.37. The monoisotopic (exact) mass is 408 g/mol. The van der Waals surface area contributed by atoms with Crippen LogP contribution in [0.4, 0.5) is 0 Å². The molecule has 3 rings (SSSR count). The molecule has 0 unspecified atom stereocenters. The van der Waals surface area contributed by atoms with Gasteiger partial charge in [-0.25, -0.2) is 0 Å². The van der Waals surface area contributed by atoms with Crippen LogP contribution in [-0.2, 0) is 0 Å². The number of hydrogen-bond acceptors (Lipinski definition) is 2. The van der Waals surface area contributed by atoms with Gasteiger partial charge < -0.3 is 9.47 Å². The number of hydrogen-bond donors (Lipinski definition) is 0. The molecule has 2 aromatic carbocycles. The van der Waals surface area contributed by atoms with Crippen molar-refractivity contribution >= 4 is 55.1 Å². The van der Waals surface area contributed by atoms with Gasteiger partial charge in [-0.1, -0.05) is 39.1 Å². The van der Waals surface area contributed by atoms with Crippen molar-refractivity contribution < 1.29 is 9.47 Å². The summed E-state index contributed by atoms with van der Waals surface area (Å²) in [7, 11) is 0. The number of halogens is 4. The molecule has 0 atom stereocenters. The van der Waals surface area contributed by atoms with Crippen LogP contribution >= 0.6 is 55.1 Å². The molecule has 0 amide bonds. The van der Waals surface area contributed by atoms with Gasteiger partial charge in [-0.3, -0.25) is 0 Å². The fourth-order valence-corrected chi connectivity index (χ4v) is 3.42. The average molecular weight is 411 g/mol. The van der Waals surface area contributed by atoms with Crippen molar-refractivity contribution in [2.75, 3.05) is 0 Å². The van der Waals surface area contributed by atoms with Crippen LogP contribution in [0.1, 0.15) is 0 Å². The van der Waals surface area contributed by atoms with Crippen LogP contribution in [0.25, 0.3) is 0 Å². The summed E-state index contributed by atoms with van der Waals surface area (Å²) in [6.45, 7) is 0. The molecule has 0 saturated carbocycles. The average Bonchev–Trinajstić information content (AvgIpc) is 2.27. The maximum Gasteiger partial charge on any atom is 0.188 e. The second kappa shape index (κ2) is 4.60. The van der Waals surface area contributed by atoms with Crippen LogP contribution in [0.3, 0.4) is 0 Å². The normalized spacial score (nSPS) is 12.2. The molecule has 6 heteroatoms. The minimum atomic E-state index is 0.416. The molecule has 0 aliphatic carbocycles. The van der Waals surface area contributed by atoms with Crippen molar-refractivity contribution in [3.63, 3.8) is 0 Å². The van der Waals surface area contributed by atoms with Gasteiger partial charge in [-0.05, 0) is 34.1 Å². The van der Waals surface area contributed by atoms with Crippen LogP contribution in [-0.4, -0.2) is 0 Å². The van der Waals surface area contributed by atoms with Gasteiger partial charge in [-0.2, -0.15) is 0 Å². The lowest BCUT2D eigenvalue weighted by Gasteiger charge is -2.22. The zero-order chi connectivity index (χ0) is 12.9. The molecular formula is C12H4Br2Cl2O2. The quantitative estimate of drug-likeness (QED) is 0.426. The van der Waals surface area contributed by atoms with Gasteiger partial charge in [0.15, 0.2) is 23.0 Å². The Kier molecular flexibility index (Phi) is 3.22. The second-order valence-electron chi connectivity index (χ2n) is 3.63. The zero-order valence-corrected chi connectivity index (χ0v) is 13.3. The van der Waals surface area contributed by atoms with Gasteiger partial charge >= 0.3 is 0 Å². The molecule has 0 spiro atoms. The van der Waals surface area contributed by atoms with Crippen molar-refractivity contribution in [2.24, 2.45) is 0 Å². The zero-order valence-electron chi connectivity index (χ0n) is 8.64. The van der Waals surface area contributed by atoms with E-state index in [1.807, 2.05) is 12.1 Å². The summed E-state index contributed by atoms with van der Waals surface area (Å²) in [4.78, 5) is 0. The Morgan fingerprint density at radius 2 is 1.50 bits per heavy atom.